The Morgan fingerprint density at radius 1 is 1.42 bits per heavy atom. The van der Waals surface area contributed by atoms with Crippen LogP contribution in [-0.4, -0.2) is 30.8 Å². The summed E-state index contributed by atoms with van der Waals surface area (Å²) in [5.41, 5.74) is 6.32. The Hall–Kier alpha value is -0.890. The maximum Gasteiger partial charge on any atom is 0.301 e. The second kappa shape index (κ2) is 6.51. The number of nitrogens with one attached hydrogen (secondary N) is 1. The normalized spacial score (nSPS) is 11.6. The van der Waals surface area contributed by atoms with Gasteiger partial charge in [0.1, 0.15) is 4.99 Å². The van der Waals surface area contributed by atoms with Gasteiger partial charge in [-0.1, -0.05) is 43.7 Å². The Labute approximate surface area is 123 Å². The fourth-order valence-electron chi connectivity index (χ4n) is 1.52. The highest BCUT2D eigenvalue weighted by Crippen LogP contribution is 2.24. The number of halogens is 1. The van der Waals surface area contributed by atoms with Gasteiger partial charge in [-0.05, 0) is 12.1 Å². The van der Waals surface area contributed by atoms with Crippen LogP contribution in [0.1, 0.15) is 19.4 Å². The van der Waals surface area contributed by atoms with Crippen LogP contribution in [0, 0.1) is 0 Å². The average molecular weight is 322 g/mol. The van der Waals surface area contributed by atoms with E-state index in [1.54, 1.807) is 26.0 Å². The van der Waals surface area contributed by atoms with Gasteiger partial charge in [0.2, 0.25) is 0 Å². The van der Waals surface area contributed by atoms with Gasteiger partial charge >= 0.3 is 10.2 Å². The Bertz CT molecular complexity index is 571. The lowest BCUT2D eigenvalue weighted by Gasteiger charge is -2.20. The van der Waals surface area contributed by atoms with Gasteiger partial charge in [-0.3, -0.25) is 4.72 Å². The van der Waals surface area contributed by atoms with Crippen molar-refractivity contribution in [1.29, 1.82) is 0 Å². The lowest BCUT2D eigenvalue weighted by molar-refractivity contribution is 0.449. The summed E-state index contributed by atoms with van der Waals surface area (Å²) in [6.45, 7) is 4.27. The number of benzene rings is 1. The summed E-state index contributed by atoms with van der Waals surface area (Å²) in [7, 11) is -3.63. The number of rotatable bonds is 6. The van der Waals surface area contributed by atoms with Crippen LogP contribution in [0.15, 0.2) is 18.2 Å². The van der Waals surface area contributed by atoms with Crippen molar-refractivity contribution in [2.75, 3.05) is 17.8 Å². The van der Waals surface area contributed by atoms with Crippen molar-refractivity contribution in [3.63, 3.8) is 0 Å². The van der Waals surface area contributed by atoms with Crippen LogP contribution in [0.4, 0.5) is 5.69 Å². The molecule has 0 unspecified atom stereocenters. The van der Waals surface area contributed by atoms with E-state index < -0.39 is 10.2 Å². The number of thiocarbonyl (C=S) groups is 1. The second-order valence-electron chi connectivity index (χ2n) is 3.75. The maximum absolute atomic E-state index is 12.1. The summed E-state index contributed by atoms with van der Waals surface area (Å²) in [6.07, 6.45) is 0. The molecule has 8 heteroatoms. The van der Waals surface area contributed by atoms with Gasteiger partial charge in [0, 0.05) is 18.7 Å². The lowest BCUT2D eigenvalue weighted by Crippen LogP contribution is -2.35. The summed E-state index contributed by atoms with van der Waals surface area (Å²) in [5, 5.41) is 0.288. The predicted molar refractivity (Wildman–Crippen MR) is 82.8 cm³/mol. The zero-order valence-electron chi connectivity index (χ0n) is 10.7. The van der Waals surface area contributed by atoms with Gasteiger partial charge in [-0.2, -0.15) is 12.7 Å². The second-order valence-corrected chi connectivity index (χ2v) is 6.27. The summed E-state index contributed by atoms with van der Waals surface area (Å²) in [4.78, 5) is 0.181. The monoisotopic (exact) mass is 321 g/mol. The summed E-state index contributed by atoms with van der Waals surface area (Å²) in [5.74, 6) is 0. The van der Waals surface area contributed by atoms with E-state index in [2.05, 4.69) is 4.72 Å². The Morgan fingerprint density at radius 2 is 2.00 bits per heavy atom. The maximum atomic E-state index is 12.1. The average Bonchev–Trinajstić information content (AvgIpc) is 2.32. The molecule has 0 aliphatic carbocycles. The van der Waals surface area contributed by atoms with Gasteiger partial charge in [0.15, 0.2) is 0 Å². The van der Waals surface area contributed by atoms with Gasteiger partial charge in [0.05, 0.1) is 10.7 Å². The SMILES string of the molecule is CCN(CC)S(=O)(=O)Nc1cc(C(N)=S)ccc1Cl. The van der Waals surface area contributed by atoms with E-state index in [1.807, 2.05) is 0 Å². The molecule has 1 rings (SSSR count). The quantitative estimate of drug-likeness (QED) is 0.785. The first-order chi connectivity index (χ1) is 8.81. The van der Waals surface area contributed by atoms with E-state index >= 15 is 0 Å². The van der Waals surface area contributed by atoms with Crippen molar-refractivity contribution in [2.24, 2.45) is 5.73 Å². The molecule has 0 fully saturated rings. The minimum atomic E-state index is -3.63. The van der Waals surface area contributed by atoms with Crippen molar-refractivity contribution >= 4 is 44.7 Å². The highest BCUT2D eigenvalue weighted by Gasteiger charge is 2.19. The molecule has 0 bridgehead atoms. The van der Waals surface area contributed by atoms with E-state index in [4.69, 9.17) is 29.6 Å². The molecule has 0 saturated carbocycles. The Balaban J connectivity index is 3.11. The number of nitrogens with zero attached hydrogens (tertiary/aromatic N) is 1. The molecule has 0 amide bonds. The molecule has 0 heterocycles. The van der Waals surface area contributed by atoms with Crippen LogP contribution in [0.3, 0.4) is 0 Å². The minimum Gasteiger partial charge on any atom is -0.389 e. The fraction of sp³-hybridized carbons (Fsp3) is 0.364. The Morgan fingerprint density at radius 3 is 2.47 bits per heavy atom. The Kier molecular flexibility index (Phi) is 5.54. The van der Waals surface area contributed by atoms with Crippen molar-refractivity contribution in [1.82, 2.24) is 4.31 Å². The molecule has 0 aliphatic rings. The van der Waals surface area contributed by atoms with Gasteiger partial charge in [-0.15, -0.1) is 0 Å². The van der Waals surface area contributed by atoms with Gasteiger partial charge in [-0.25, -0.2) is 0 Å². The zero-order valence-corrected chi connectivity index (χ0v) is 13.1. The molecule has 0 aliphatic heterocycles. The van der Waals surface area contributed by atoms with Crippen molar-refractivity contribution in [3.05, 3.63) is 28.8 Å². The van der Waals surface area contributed by atoms with Crippen LogP contribution in [0.25, 0.3) is 0 Å². The number of hydrogen-bond acceptors (Lipinski definition) is 3. The number of hydrogen-bond donors (Lipinski definition) is 2. The van der Waals surface area contributed by atoms with E-state index in [9.17, 15) is 8.42 Å². The smallest absolute Gasteiger partial charge is 0.301 e. The highest BCUT2D eigenvalue weighted by atomic mass is 35.5. The molecular weight excluding hydrogens is 306 g/mol. The first kappa shape index (κ1) is 16.2. The molecule has 0 saturated heterocycles. The predicted octanol–water partition coefficient (Wildman–Crippen LogP) is 1.97. The van der Waals surface area contributed by atoms with Crippen LogP contribution in [-0.2, 0) is 10.2 Å². The van der Waals surface area contributed by atoms with E-state index in [-0.39, 0.29) is 15.7 Å². The molecule has 3 N–H and O–H groups in total. The molecule has 0 atom stereocenters. The third-order valence-corrected chi connectivity index (χ3v) is 4.77. The highest BCUT2D eigenvalue weighted by molar-refractivity contribution is 7.90. The van der Waals surface area contributed by atoms with Crippen molar-refractivity contribution < 1.29 is 8.42 Å². The first-order valence-corrected chi connectivity index (χ1v) is 7.91. The van der Waals surface area contributed by atoms with E-state index in [1.165, 1.54) is 10.4 Å². The fourth-order valence-corrected chi connectivity index (χ4v) is 3.13. The standard InChI is InChI=1S/C11H16ClN3O2S2/c1-3-15(4-2)19(16,17)14-10-7-8(11(13)18)5-6-9(10)12/h5-7,14H,3-4H2,1-2H3,(H2,13,18). The van der Waals surface area contributed by atoms with Crippen LogP contribution >= 0.6 is 23.8 Å². The molecule has 0 spiro atoms. The van der Waals surface area contributed by atoms with Crippen molar-refractivity contribution in [2.45, 2.75) is 13.8 Å². The minimum absolute atomic E-state index is 0.181. The van der Waals surface area contributed by atoms with Crippen molar-refractivity contribution in [3.8, 4) is 0 Å². The van der Waals surface area contributed by atoms with E-state index in [0.717, 1.165) is 0 Å². The number of nitrogens with two attached hydrogens (primary N) is 1. The molecule has 5 nitrogen and oxygen atoms in total. The molecular formula is C11H16ClN3O2S2. The lowest BCUT2D eigenvalue weighted by atomic mass is 10.2. The third kappa shape index (κ3) is 4.04. The first-order valence-electron chi connectivity index (χ1n) is 5.69. The van der Waals surface area contributed by atoms with Crippen LogP contribution in [0.5, 0.6) is 0 Å². The molecule has 19 heavy (non-hydrogen) atoms. The molecule has 0 radical (unpaired) electrons. The third-order valence-electron chi connectivity index (χ3n) is 2.54. The van der Waals surface area contributed by atoms with Gasteiger partial charge < -0.3 is 5.73 Å². The number of anilines is 1. The molecule has 0 aromatic heterocycles. The van der Waals surface area contributed by atoms with Crippen LogP contribution < -0.4 is 10.5 Å². The molecule has 1 aromatic rings. The summed E-state index contributed by atoms with van der Waals surface area (Å²) >= 11 is 10.8. The van der Waals surface area contributed by atoms with Crippen LogP contribution in [0.2, 0.25) is 5.02 Å². The summed E-state index contributed by atoms with van der Waals surface area (Å²) in [6, 6.07) is 4.71. The molecule has 106 valence electrons. The topological polar surface area (TPSA) is 75.4 Å². The van der Waals surface area contributed by atoms with E-state index in [0.29, 0.717) is 18.7 Å². The largest absolute Gasteiger partial charge is 0.389 e. The van der Waals surface area contributed by atoms with Gasteiger partial charge in [0.25, 0.3) is 0 Å². The molecule has 1 aromatic carbocycles. The zero-order chi connectivity index (χ0) is 14.6. The summed E-state index contributed by atoms with van der Waals surface area (Å²) < 4.78 is 27.9.